The molecular weight excluding hydrogens is 260 g/mol. The number of rotatable bonds is 2. The molecule has 2 aromatic rings. The van der Waals surface area contributed by atoms with Crippen molar-refractivity contribution < 1.29 is 8.42 Å². The normalized spacial score (nSPS) is 19.1. The van der Waals surface area contributed by atoms with E-state index in [1.807, 2.05) is 6.07 Å². The number of aromatic amines is 1. The van der Waals surface area contributed by atoms with Crippen molar-refractivity contribution in [1.82, 2.24) is 9.97 Å². The molecule has 0 amide bonds. The van der Waals surface area contributed by atoms with Crippen molar-refractivity contribution in [2.24, 2.45) is 0 Å². The fourth-order valence-electron chi connectivity index (χ4n) is 2.98. The molecule has 1 N–H and O–H groups in total. The minimum atomic E-state index is -3.24. The first-order valence-electron chi connectivity index (χ1n) is 6.59. The zero-order chi connectivity index (χ0) is 13.7. The Kier molecular flexibility index (Phi) is 2.71. The number of aromatic nitrogens is 2. The number of para-hydroxylation sites is 1. The number of H-pyrrole nitrogens is 1. The summed E-state index contributed by atoms with van der Waals surface area (Å²) in [6, 6.07) is 5.27. The maximum absolute atomic E-state index is 11.8. The van der Waals surface area contributed by atoms with E-state index in [2.05, 4.69) is 16.9 Å². The first kappa shape index (κ1) is 12.7. The Morgan fingerprint density at radius 1 is 1.26 bits per heavy atom. The zero-order valence-corrected chi connectivity index (χ0v) is 12.0. The van der Waals surface area contributed by atoms with Gasteiger partial charge in [0.05, 0.1) is 10.4 Å². The Hall–Kier alpha value is -1.36. The van der Waals surface area contributed by atoms with Crippen LogP contribution in [-0.2, 0) is 15.3 Å². The molecule has 4 nitrogen and oxygen atoms in total. The lowest BCUT2D eigenvalue weighted by molar-refractivity contribution is 0.464. The number of hydrogen-bond donors (Lipinski definition) is 1. The van der Waals surface area contributed by atoms with Crippen LogP contribution in [0.5, 0.6) is 0 Å². The summed E-state index contributed by atoms with van der Waals surface area (Å²) in [5.41, 5.74) is 1.45. The van der Waals surface area contributed by atoms with E-state index in [9.17, 15) is 8.42 Å². The van der Waals surface area contributed by atoms with Crippen LogP contribution in [0, 0.1) is 0 Å². The molecular formula is C14H18N2O2S. The first-order chi connectivity index (χ1) is 8.90. The SMILES string of the molecule is CC1(c2nc3c(S(C)(=O)=O)cccc3[nH]2)CCCC1. The van der Waals surface area contributed by atoms with Gasteiger partial charge in [-0.2, -0.15) is 0 Å². The molecule has 0 saturated heterocycles. The molecule has 0 bridgehead atoms. The molecule has 0 spiro atoms. The summed E-state index contributed by atoms with van der Waals surface area (Å²) in [6.45, 7) is 2.21. The third-order valence-electron chi connectivity index (χ3n) is 4.15. The molecule has 19 heavy (non-hydrogen) atoms. The largest absolute Gasteiger partial charge is 0.341 e. The Morgan fingerprint density at radius 2 is 1.95 bits per heavy atom. The molecule has 3 rings (SSSR count). The lowest BCUT2D eigenvalue weighted by Gasteiger charge is -2.19. The monoisotopic (exact) mass is 278 g/mol. The van der Waals surface area contributed by atoms with Crippen LogP contribution in [0.25, 0.3) is 11.0 Å². The van der Waals surface area contributed by atoms with Gasteiger partial charge in [-0.25, -0.2) is 13.4 Å². The van der Waals surface area contributed by atoms with E-state index in [-0.39, 0.29) is 5.41 Å². The molecule has 5 heteroatoms. The van der Waals surface area contributed by atoms with Crippen LogP contribution in [0.15, 0.2) is 23.1 Å². The van der Waals surface area contributed by atoms with Gasteiger partial charge in [0.2, 0.25) is 0 Å². The Balaban J connectivity index is 2.21. The van der Waals surface area contributed by atoms with Gasteiger partial charge in [0.1, 0.15) is 11.3 Å². The van der Waals surface area contributed by atoms with Crippen molar-refractivity contribution in [3.8, 4) is 0 Å². The second-order valence-electron chi connectivity index (χ2n) is 5.78. The summed E-state index contributed by atoms with van der Waals surface area (Å²) in [7, 11) is -3.24. The van der Waals surface area contributed by atoms with Gasteiger partial charge < -0.3 is 4.98 Å². The number of nitrogens with zero attached hydrogens (tertiary/aromatic N) is 1. The standard InChI is InChI=1S/C14H18N2O2S/c1-14(8-3-4-9-14)13-15-10-6-5-7-11(12(10)16-13)19(2,17)18/h5-7H,3-4,8-9H2,1-2H3,(H,15,16). The van der Waals surface area contributed by atoms with E-state index >= 15 is 0 Å². The molecule has 0 radical (unpaired) electrons. The number of hydrogen-bond acceptors (Lipinski definition) is 3. The van der Waals surface area contributed by atoms with Gasteiger partial charge in [0.15, 0.2) is 9.84 Å². The summed E-state index contributed by atoms with van der Waals surface area (Å²) in [5, 5.41) is 0. The summed E-state index contributed by atoms with van der Waals surface area (Å²) in [5.74, 6) is 0.927. The fourth-order valence-corrected chi connectivity index (χ4v) is 3.82. The molecule has 0 atom stereocenters. The summed E-state index contributed by atoms with van der Waals surface area (Å²) in [4.78, 5) is 8.23. The highest BCUT2D eigenvalue weighted by atomic mass is 32.2. The molecule has 1 fully saturated rings. The molecule has 102 valence electrons. The third kappa shape index (κ3) is 2.06. The second kappa shape index (κ2) is 4.07. The molecule has 0 aliphatic heterocycles. The van der Waals surface area contributed by atoms with Crippen molar-refractivity contribution in [2.45, 2.75) is 42.9 Å². The molecule has 0 unspecified atom stereocenters. The van der Waals surface area contributed by atoms with E-state index in [4.69, 9.17) is 0 Å². The van der Waals surface area contributed by atoms with Crippen molar-refractivity contribution in [3.63, 3.8) is 0 Å². The minimum absolute atomic E-state index is 0.0633. The van der Waals surface area contributed by atoms with Crippen molar-refractivity contribution in [1.29, 1.82) is 0 Å². The summed E-state index contributed by atoms with van der Waals surface area (Å²) in [6.07, 6.45) is 5.88. The van der Waals surface area contributed by atoms with E-state index in [0.29, 0.717) is 10.4 Å². The molecule has 1 aliphatic rings. The zero-order valence-electron chi connectivity index (χ0n) is 11.2. The predicted octanol–water partition coefficient (Wildman–Crippen LogP) is 2.80. The van der Waals surface area contributed by atoms with Crippen LogP contribution in [-0.4, -0.2) is 24.6 Å². The highest BCUT2D eigenvalue weighted by Gasteiger charge is 2.33. The van der Waals surface area contributed by atoms with Crippen molar-refractivity contribution >= 4 is 20.9 Å². The Bertz CT molecular complexity index is 725. The lowest BCUT2D eigenvalue weighted by atomic mass is 9.88. The topological polar surface area (TPSA) is 62.8 Å². The van der Waals surface area contributed by atoms with Gasteiger partial charge in [0.25, 0.3) is 0 Å². The van der Waals surface area contributed by atoms with Crippen LogP contribution >= 0.6 is 0 Å². The molecule has 1 aliphatic carbocycles. The van der Waals surface area contributed by atoms with Gasteiger partial charge in [-0.15, -0.1) is 0 Å². The number of imidazole rings is 1. The highest BCUT2D eigenvalue weighted by molar-refractivity contribution is 7.91. The van der Waals surface area contributed by atoms with Gasteiger partial charge >= 0.3 is 0 Å². The van der Waals surface area contributed by atoms with Crippen molar-refractivity contribution in [2.75, 3.05) is 6.26 Å². The molecule has 1 aromatic carbocycles. The lowest BCUT2D eigenvalue weighted by Crippen LogP contribution is -2.18. The minimum Gasteiger partial charge on any atom is -0.341 e. The Morgan fingerprint density at radius 3 is 2.58 bits per heavy atom. The van der Waals surface area contributed by atoms with E-state index in [0.717, 1.165) is 24.2 Å². The van der Waals surface area contributed by atoms with Crippen LogP contribution in [0.2, 0.25) is 0 Å². The predicted molar refractivity (Wildman–Crippen MR) is 75.0 cm³/mol. The maximum atomic E-state index is 11.8. The quantitative estimate of drug-likeness (QED) is 0.918. The molecule has 1 saturated carbocycles. The van der Waals surface area contributed by atoms with Crippen LogP contribution in [0.3, 0.4) is 0 Å². The smallest absolute Gasteiger partial charge is 0.177 e. The molecule has 1 heterocycles. The van der Waals surface area contributed by atoms with Crippen LogP contribution in [0.1, 0.15) is 38.4 Å². The summed E-state index contributed by atoms with van der Waals surface area (Å²) >= 11 is 0. The molecule has 1 aromatic heterocycles. The maximum Gasteiger partial charge on any atom is 0.177 e. The number of fused-ring (bicyclic) bond motifs is 1. The average Bonchev–Trinajstić information content (AvgIpc) is 2.93. The highest BCUT2D eigenvalue weighted by Crippen LogP contribution is 2.40. The van der Waals surface area contributed by atoms with Gasteiger partial charge in [-0.05, 0) is 25.0 Å². The van der Waals surface area contributed by atoms with Crippen LogP contribution in [0.4, 0.5) is 0 Å². The average molecular weight is 278 g/mol. The number of benzene rings is 1. The van der Waals surface area contributed by atoms with Crippen molar-refractivity contribution in [3.05, 3.63) is 24.0 Å². The number of sulfone groups is 1. The fraction of sp³-hybridized carbons (Fsp3) is 0.500. The second-order valence-corrected chi connectivity index (χ2v) is 7.76. The van der Waals surface area contributed by atoms with E-state index in [1.54, 1.807) is 12.1 Å². The van der Waals surface area contributed by atoms with Gasteiger partial charge in [-0.1, -0.05) is 25.8 Å². The number of nitrogens with one attached hydrogen (secondary N) is 1. The Labute approximate surface area is 113 Å². The first-order valence-corrected chi connectivity index (χ1v) is 8.49. The summed E-state index contributed by atoms with van der Waals surface area (Å²) < 4.78 is 23.6. The van der Waals surface area contributed by atoms with Gasteiger partial charge in [0, 0.05) is 11.7 Å². The van der Waals surface area contributed by atoms with E-state index < -0.39 is 9.84 Å². The van der Waals surface area contributed by atoms with Crippen LogP contribution < -0.4 is 0 Å². The van der Waals surface area contributed by atoms with E-state index in [1.165, 1.54) is 19.1 Å². The third-order valence-corrected chi connectivity index (χ3v) is 5.28. The van der Waals surface area contributed by atoms with Gasteiger partial charge in [-0.3, -0.25) is 0 Å².